The van der Waals surface area contributed by atoms with E-state index in [0.717, 1.165) is 13.1 Å². The number of nitrogens with zero attached hydrogens (tertiary/aromatic N) is 1. The summed E-state index contributed by atoms with van der Waals surface area (Å²) in [6, 6.07) is 10.8. The van der Waals surface area contributed by atoms with Crippen molar-refractivity contribution in [2.45, 2.75) is 31.7 Å². The lowest BCUT2D eigenvalue weighted by molar-refractivity contribution is 0.161. The Kier molecular flexibility index (Phi) is 3.31. The maximum absolute atomic E-state index is 5.83. The molecule has 0 aromatic heterocycles. The van der Waals surface area contributed by atoms with Gasteiger partial charge in [0.25, 0.3) is 0 Å². The number of nitrogens with two attached hydrogens (primary N) is 1. The lowest BCUT2D eigenvalue weighted by atomic mass is 9.98. The van der Waals surface area contributed by atoms with E-state index in [-0.39, 0.29) is 5.54 Å². The normalized spacial score (nSPS) is 22.6. The Bertz CT molecular complexity index is 332. The van der Waals surface area contributed by atoms with Crippen molar-refractivity contribution in [3.63, 3.8) is 0 Å². The first kappa shape index (κ1) is 11.6. The van der Waals surface area contributed by atoms with Crippen LogP contribution in [0.25, 0.3) is 0 Å². The fourth-order valence-corrected chi connectivity index (χ4v) is 2.44. The van der Waals surface area contributed by atoms with Gasteiger partial charge in [-0.25, -0.2) is 0 Å². The highest BCUT2D eigenvalue weighted by molar-refractivity contribution is 5.21. The topological polar surface area (TPSA) is 29.3 Å². The molecule has 1 atom stereocenters. The molecule has 2 nitrogen and oxygen atoms in total. The molecule has 2 N–H and O–H groups in total. The van der Waals surface area contributed by atoms with Gasteiger partial charge in [0.05, 0.1) is 0 Å². The Morgan fingerprint density at radius 1 is 1.31 bits per heavy atom. The summed E-state index contributed by atoms with van der Waals surface area (Å²) >= 11 is 0. The van der Waals surface area contributed by atoms with E-state index in [0.29, 0.717) is 5.92 Å². The largest absolute Gasteiger partial charge is 0.329 e. The van der Waals surface area contributed by atoms with Gasteiger partial charge in [0.2, 0.25) is 0 Å². The molecule has 2 rings (SSSR count). The van der Waals surface area contributed by atoms with E-state index < -0.39 is 0 Å². The van der Waals surface area contributed by atoms with Crippen molar-refractivity contribution in [2.75, 3.05) is 19.6 Å². The molecule has 1 aromatic carbocycles. The lowest BCUT2D eigenvalue weighted by Gasteiger charge is -2.34. The molecule has 0 radical (unpaired) electrons. The van der Waals surface area contributed by atoms with E-state index in [1.165, 1.54) is 18.5 Å². The predicted octanol–water partition coefficient (Wildman–Crippen LogP) is 2.21. The molecule has 0 spiro atoms. The molecule has 0 aliphatic carbocycles. The van der Waals surface area contributed by atoms with Crippen molar-refractivity contribution < 1.29 is 0 Å². The molecule has 0 bridgehead atoms. The Hall–Kier alpha value is -0.860. The van der Waals surface area contributed by atoms with E-state index in [9.17, 15) is 0 Å². The van der Waals surface area contributed by atoms with Gasteiger partial charge in [0.1, 0.15) is 0 Å². The summed E-state index contributed by atoms with van der Waals surface area (Å²) < 4.78 is 0. The first-order valence-electron chi connectivity index (χ1n) is 6.13. The maximum Gasteiger partial charge on any atom is 0.0275 e. The van der Waals surface area contributed by atoms with Crippen LogP contribution in [0.1, 0.15) is 31.7 Å². The van der Waals surface area contributed by atoms with Gasteiger partial charge in [0, 0.05) is 18.6 Å². The van der Waals surface area contributed by atoms with E-state index >= 15 is 0 Å². The van der Waals surface area contributed by atoms with E-state index in [2.05, 4.69) is 49.1 Å². The summed E-state index contributed by atoms with van der Waals surface area (Å²) in [6.45, 7) is 7.52. The van der Waals surface area contributed by atoms with Gasteiger partial charge in [-0.15, -0.1) is 0 Å². The molecule has 1 saturated heterocycles. The number of benzene rings is 1. The van der Waals surface area contributed by atoms with Crippen LogP contribution in [-0.4, -0.2) is 30.1 Å². The first-order chi connectivity index (χ1) is 7.63. The predicted molar refractivity (Wildman–Crippen MR) is 68.5 cm³/mol. The maximum atomic E-state index is 5.83. The summed E-state index contributed by atoms with van der Waals surface area (Å²) in [7, 11) is 0. The van der Waals surface area contributed by atoms with E-state index in [1.807, 2.05) is 0 Å². The number of rotatable bonds is 3. The van der Waals surface area contributed by atoms with Gasteiger partial charge >= 0.3 is 0 Å². The Balaban J connectivity index is 2.04. The molecule has 2 heteroatoms. The molecule has 16 heavy (non-hydrogen) atoms. The van der Waals surface area contributed by atoms with Crippen LogP contribution in [0.4, 0.5) is 0 Å². The van der Waals surface area contributed by atoms with Crippen molar-refractivity contribution in [1.29, 1.82) is 0 Å². The number of likely N-dealkylation sites (tertiary alicyclic amines) is 1. The molecule has 1 unspecified atom stereocenters. The summed E-state index contributed by atoms with van der Waals surface area (Å²) in [5.41, 5.74) is 7.44. The molecule has 1 aliphatic heterocycles. The SMILES string of the molecule is CC(C)(CN)N1CCC(c2ccccc2)C1. The molecule has 1 fully saturated rings. The average molecular weight is 218 g/mol. The van der Waals surface area contributed by atoms with Gasteiger partial charge in [-0.05, 0) is 38.3 Å². The standard InChI is InChI=1S/C14H22N2/c1-14(2,11-15)16-9-8-13(10-16)12-6-4-3-5-7-12/h3-7,13H,8-11,15H2,1-2H3. The van der Waals surface area contributed by atoms with Gasteiger partial charge in [-0.1, -0.05) is 30.3 Å². The van der Waals surface area contributed by atoms with Gasteiger partial charge in [0.15, 0.2) is 0 Å². The summed E-state index contributed by atoms with van der Waals surface area (Å²) in [5, 5.41) is 0. The van der Waals surface area contributed by atoms with Gasteiger partial charge in [-0.2, -0.15) is 0 Å². The highest BCUT2D eigenvalue weighted by atomic mass is 15.2. The van der Waals surface area contributed by atoms with Crippen molar-refractivity contribution in [1.82, 2.24) is 4.90 Å². The van der Waals surface area contributed by atoms with Crippen molar-refractivity contribution in [2.24, 2.45) is 5.73 Å². The van der Waals surface area contributed by atoms with Crippen molar-refractivity contribution >= 4 is 0 Å². The highest BCUT2D eigenvalue weighted by Gasteiger charge is 2.32. The first-order valence-corrected chi connectivity index (χ1v) is 6.13. The minimum atomic E-state index is 0.142. The summed E-state index contributed by atoms with van der Waals surface area (Å²) in [6.07, 6.45) is 1.26. The number of hydrogen-bond acceptors (Lipinski definition) is 2. The van der Waals surface area contributed by atoms with Crippen LogP contribution in [0, 0.1) is 0 Å². The van der Waals surface area contributed by atoms with Crippen LogP contribution in [0.2, 0.25) is 0 Å². The zero-order chi connectivity index (χ0) is 11.6. The third kappa shape index (κ3) is 2.28. The van der Waals surface area contributed by atoms with Gasteiger partial charge in [-0.3, -0.25) is 4.90 Å². The Morgan fingerprint density at radius 3 is 2.62 bits per heavy atom. The monoisotopic (exact) mass is 218 g/mol. The molecule has 1 aliphatic rings. The van der Waals surface area contributed by atoms with Gasteiger partial charge < -0.3 is 5.73 Å². The zero-order valence-corrected chi connectivity index (χ0v) is 10.3. The molecular formula is C14H22N2. The molecular weight excluding hydrogens is 196 g/mol. The number of hydrogen-bond donors (Lipinski definition) is 1. The van der Waals surface area contributed by atoms with Crippen LogP contribution in [0.15, 0.2) is 30.3 Å². The second-order valence-electron chi connectivity index (χ2n) is 5.36. The smallest absolute Gasteiger partial charge is 0.0275 e. The molecule has 1 heterocycles. The molecule has 0 saturated carbocycles. The van der Waals surface area contributed by atoms with E-state index in [4.69, 9.17) is 5.73 Å². The second kappa shape index (κ2) is 4.56. The van der Waals surface area contributed by atoms with Crippen LogP contribution in [0.5, 0.6) is 0 Å². The third-order valence-electron chi connectivity index (χ3n) is 3.81. The third-order valence-corrected chi connectivity index (χ3v) is 3.81. The molecule has 0 amide bonds. The quantitative estimate of drug-likeness (QED) is 0.843. The summed E-state index contributed by atoms with van der Waals surface area (Å²) in [4.78, 5) is 2.52. The van der Waals surface area contributed by atoms with Crippen LogP contribution in [0.3, 0.4) is 0 Å². The minimum absolute atomic E-state index is 0.142. The fourth-order valence-electron chi connectivity index (χ4n) is 2.44. The highest BCUT2D eigenvalue weighted by Crippen LogP contribution is 2.30. The fraction of sp³-hybridized carbons (Fsp3) is 0.571. The van der Waals surface area contributed by atoms with Crippen LogP contribution in [-0.2, 0) is 0 Å². The lowest BCUT2D eigenvalue weighted by Crippen LogP contribution is -2.47. The van der Waals surface area contributed by atoms with E-state index in [1.54, 1.807) is 0 Å². The molecule has 1 aromatic rings. The minimum Gasteiger partial charge on any atom is -0.329 e. The average Bonchev–Trinajstić information content (AvgIpc) is 2.80. The van der Waals surface area contributed by atoms with Crippen molar-refractivity contribution in [3.8, 4) is 0 Å². The Labute approximate surface area is 98.4 Å². The summed E-state index contributed by atoms with van der Waals surface area (Å²) in [5.74, 6) is 0.687. The Morgan fingerprint density at radius 2 is 2.00 bits per heavy atom. The molecule has 88 valence electrons. The zero-order valence-electron chi connectivity index (χ0n) is 10.3. The van der Waals surface area contributed by atoms with Crippen LogP contribution < -0.4 is 5.73 Å². The van der Waals surface area contributed by atoms with Crippen molar-refractivity contribution in [3.05, 3.63) is 35.9 Å². The van der Waals surface area contributed by atoms with Crippen LogP contribution >= 0.6 is 0 Å². The second-order valence-corrected chi connectivity index (χ2v) is 5.36.